The third kappa shape index (κ3) is 4.81. The van der Waals surface area contributed by atoms with Gasteiger partial charge in [-0.3, -0.25) is 9.69 Å². The van der Waals surface area contributed by atoms with Crippen LogP contribution in [0.4, 0.5) is 5.82 Å². The number of aromatic nitrogens is 1. The molecular weight excluding hydrogens is 352 g/mol. The lowest BCUT2D eigenvalue weighted by molar-refractivity contribution is 0.0627. The Morgan fingerprint density at radius 1 is 1.11 bits per heavy atom. The summed E-state index contributed by atoms with van der Waals surface area (Å²) in [6, 6.07) is 11.9. The Bertz CT molecular complexity index is 799. The van der Waals surface area contributed by atoms with Gasteiger partial charge in [0.1, 0.15) is 11.6 Å². The first-order chi connectivity index (χ1) is 13.5. The topological polar surface area (TPSA) is 48.9 Å². The van der Waals surface area contributed by atoms with E-state index in [0.29, 0.717) is 18.7 Å². The van der Waals surface area contributed by atoms with Gasteiger partial charge in [-0.2, -0.15) is 0 Å². The monoisotopic (exact) mass is 382 g/mol. The van der Waals surface area contributed by atoms with Gasteiger partial charge in [0.2, 0.25) is 0 Å². The number of nitrogens with zero attached hydrogens (tertiary/aromatic N) is 4. The van der Waals surface area contributed by atoms with Crippen LogP contribution in [0.2, 0.25) is 0 Å². The van der Waals surface area contributed by atoms with Gasteiger partial charge < -0.3 is 14.5 Å². The van der Waals surface area contributed by atoms with E-state index >= 15 is 0 Å². The van der Waals surface area contributed by atoms with Crippen molar-refractivity contribution in [2.45, 2.75) is 26.5 Å². The Labute approximate surface area is 167 Å². The molecule has 0 radical (unpaired) electrons. The number of para-hydroxylation sites is 1. The molecule has 3 rings (SSSR count). The zero-order chi connectivity index (χ0) is 20.1. The molecule has 2 heterocycles. The van der Waals surface area contributed by atoms with Crippen LogP contribution in [0.25, 0.3) is 0 Å². The highest BCUT2D eigenvalue weighted by Crippen LogP contribution is 2.23. The molecule has 1 saturated heterocycles. The number of hydrogen-bond donors (Lipinski definition) is 0. The van der Waals surface area contributed by atoms with Gasteiger partial charge in [0.15, 0.2) is 0 Å². The van der Waals surface area contributed by atoms with E-state index < -0.39 is 0 Å². The molecule has 6 heteroatoms. The minimum Gasteiger partial charge on any atom is -0.491 e. The fourth-order valence-corrected chi connectivity index (χ4v) is 3.44. The first-order valence-electron chi connectivity index (χ1n) is 9.84. The highest BCUT2D eigenvalue weighted by atomic mass is 16.5. The molecule has 1 aromatic heterocycles. The van der Waals surface area contributed by atoms with Crippen molar-refractivity contribution in [3.8, 4) is 5.75 Å². The lowest BCUT2D eigenvalue weighted by atomic mass is 10.1. The fourth-order valence-electron chi connectivity index (χ4n) is 3.44. The number of anilines is 1. The summed E-state index contributed by atoms with van der Waals surface area (Å²) in [7, 11) is 3.82. The van der Waals surface area contributed by atoms with Crippen LogP contribution in [0.5, 0.6) is 5.75 Å². The maximum Gasteiger partial charge on any atom is 0.257 e. The summed E-state index contributed by atoms with van der Waals surface area (Å²) < 4.78 is 5.94. The van der Waals surface area contributed by atoms with Crippen molar-refractivity contribution < 1.29 is 9.53 Å². The van der Waals surface area contributed by atoms with Gasteiger partial charge in [-0.25, -0.2) is 4.98 Å². The van der Waals surface area contributed by atoms with Crippen molar-refractivity contribution in [3.63, 3.8) is 0 Å². The molecule has 0 atom stereocenters. The molecule has 0 unspecified atom stereocenters. The van der Waals surface area contributed by atoms with Gasteiger partial charge in [-0.05, 0) is 32.0 Å². The lowest BCUT2D eigenvalue weighted by Crippen LogP contribution is -2.48. The quantitative estimate of drug-likeness (QED) is 0.769. The molecule has 1 amide bonds. The summed E-state index contributed by atoms with van der Waals surface area (Å²) in [5.41, 5.74) is 1.86. The van der Waals surface area contributed by atoms with Crippen molar-refractivity contribution in [2.75, 3.05) is 45.2 Å². The third-order valence-corrected chi connectivity index (χ3v) is 4.83. The number of carbonyl (C=O) groups is 1. The van der Waals surface area contributed by atoms with E-state index in [9.17, 15) is 4.79 Å². The predicted molar refractivity (Wildman–Crippen MR) is 112 cm³/mol. The third-order valence-electron chi connectivity index (χ3n) is 4.83. The normalized spacial score (nSPS) is 15.0. The average molecular weight is 383 g/mol. The second-order valence-corrected chi connectivity index (χ2v) is 7.61. The van der Waals surface area contributed by atoms with Crippen molar-refractivity contribution in [3.05, 3.63) is 53.7 Å². The van der Waals surface area contributed by atoms with Crippen molar-refractivity contribution in [1.29, 1.82) is 0 Å². The first-order valence-corrected chi connectivity index (χ1v) is 9.84. The summed E-state index contributed by atoms with van der Waals surface area (Å²) >= 11 is 0. The van der Waals surface area contributed by atoms with Gasteiger partial charge >= 0.3 is 0 Å². The molecule has 2 aromatic rings. The summed E-state index contributed by atoms with van der Waals surface area (Å²) in [5.74, 6) is 1.72. The smallest absolute Gasteiger partial charge is 0.257 e. The van der Waals surface area contributed by atoms with Gasteiger partial charge in [-0.1, -0.05) is 18.2 Å². The number of piperazine rings is 1. The van der Waals surface area contributed by atoms with Gasteiger partial charge in [0.05, 0.1) is 11.7 Å². The largest absolute Gasteiger partial charge is 0.491 e. The van der Waals surface area contributed by atoms with Crippen LogP contribution >= 0.6 is 0 Å². The standard InChI is InChI=1S/C22H30N4O2/c1-17(2)28-20-10-6-5-8-18(20)16-25-12-14-26(15-13-25)22(27)19-9-7-11-23-21(19)24(3)4/h5-11,17H,12-16H2,1-4H3. The van der Waals surface area contributed by atoms with Crippen LogP contribution in [-0.4, -0.2) is 67.1 Å². The van der Waals surface area contributed by atoms with Crippen molar-refractivity contribution >= 4 is 11.7 Å². The summed E-state index contributed by atoms with van der Waals surface area (Å²) in [6.07, 6.45) is 1.88. The maximum absolute atomic E-state index is 13.0. The minimum atomic E-state index is 0.0555. The zero-order valence-electron chi connectivity index (χ0n) is 17.3. The van der Waals surface area contributed by atoms with E-state index in [0.717, 1.165) is 31.2 Å². The Balaban J connectivity index is 1.62. The minimum absolute atomic E-state index is 0.0555. The van der Waals surface area contributed by atoms with Crippen molar-refractivity contribution in [1.82, 2.24) is 14.8 Å². The van der Waals surface area contributed by atoms with Gasteiger partial charge in [0, 0.05) is 58.6 Å². The average Bonchev–Trinajstić information content (AvgIpc) is 2.69. The number of rotatable bonds is 6. The summed E-state index contributed by atoms with van der Waals surface area (Å²) in [5, 5.41) is 0. The molecule has 1 fully saturated rings. The van der Waals surface area contributed by atoms with Gasteiger partial charge in [-0.15, -0.1) is 0 Å². The van der Waals surface area contributed by atoms with Crippen LogP contribution in [0.15, 0.2) is 42.6 Å². The molecule has 6 nitrogen and oxygen atoms in total. The molecule has 28 heavy (non-hydrogen) atoms. The highest BCUT2D eigenvalue weighted by Gasteiger charge is 2.25. The van der Waals surface area contributed by atoms with Crippen LogP contribution in [0.1, 0.15) is 29.8 Å². The number of hydrogen-bond acceptors (Lipinski definition) is 5. The number of pyridine rings is 1. The predicted octanol–water partition coefficient (Wildman–Crippen LogP) is 2.89. The molecule has 1 aliphatic heterocycles. The number of benzene rings is 1. The molecule has 0 spiro atoms. The SMILES string of the molecule is CC(C)Oc1ccccc1CN1CCN(C(=O)c2cccnc2N(C)C)CC1. The maximum atomic E-state index is 13.0. The number of ether oxygens (including phenoxy) is 1. The molecule has 0 N–H and O–H groups in total. The van der Waals surface area contributed by atoms with E-state index in [-0.39, 0.29) is 12.0 Å². The van der Waals surface area contributed by atoms with E-state index in [2.05, 4.69) is 16.0 Å². The Hall–Kier alpha value is -2.60. The zero-order valence-corrected chi connectivity index (χ0v) is 17.3. The molecular formula is C22H30N4O2. The number of carbonyl (C=O) groups excluding carboxylic acids is 1. The Kier molecular flexibility index (Phi) is 6.52. The van der Waals surface area contributed by atoms with E-state index in [4.69, 9.17) is 4.74 Å². The molecule has 0 saturated carbocycles. The number of amides is 1. The van der Waals surface area contributed by atoms with Gasteiger partial charge in [0.25, 0.3) is 5.91 Å². The van der Waals surface area contributed by atoms with Crippen molar-refractivity contribution in [2.24, 2.45) is 0 Å². The van der Waals surface area contributed by atoms with Crippen LogP contribution in [0.3, 0.4) is 0 Å². The lowest BCUT2D eigenvalue weighted by Gasteiger charge is -2.35. The molecule has 0 aliphatic carbocycles. The molecule has 1 aromatic carbocycles. The fraction of sp³-hybridized carbons (Fsp3) is 0.455. The van der Waals surface area contributed by atoms with Crippen LogP contribution < -0.4 is 9.64 Å². The summed E-state index contributed by atoms with van der Waals surface area (Å²) in [6.45, 7) is 8.05. The molecule has 1 aliphatic rings. The second kappa shape index (κ2) is 9.06. The molecule has 0 bridgehead atoms. The highest BCUT2D eigenvalue weighted by molar-refractivity contribution is 5.98. The second-order valence-electron chi connectivity index (χ2n) is 7.61. The van der Waals surface area contributed by atoms with E-state index in [1.807, 2.05) is 68.1 Å². The van der Waals surface area contributed by atoms with Crippen LogP contribution in [0, 0.1) is 0 Å². The summed E-state index contributed by atoms with van der Waals surface area (Å²) in [4.78, 5) is 23.5. The van der Waals surface area contributed by atoms with E-state index in [1.165, 1.54) is 5.56 Å². The first kappa shape index (κ1) is 20.1. The van der Waals surface area contributed by atoms with E-state index in [1.54, 1.807) is 6.20 Å². The Morgan fingerprint density at radius 2 is 1.82 bits per heavy atom. The molecule has 150 valence electrons. The van der Waals surface area contributed by atoms with Crippen LogP contribution in [-0.2, 0) is 6.54 Å². The Morgan fingerprint density at radius 3 is 2.50 bits per heavy atom.